The molecule has 1 saturated carbocycles. The molecule has 1 fully saturated rings. The molecule has 0 bridgehead atoms. The number of benzene rings is 1. The Kier molecular flexibility index (Phi) is 8.64. The van der Waals surface area contributed by atoms with Crippen LogP contribution in [-0.4, -0.2) is 30.8 Å². The van der Waals surface area contributed by atoms with Crippen molar-refractivity contribution >= 4 is 23.2 Å². The Morgan fingerprint density at radius 1 is 1.15 bits per heavy atom. The lowest BCUT2D eigenvalue weighted by atomic mass is 9.78. The summed E-state index contributed by atoms with van der Waals surface area (Å²) in [4.78, 5) is 11.9. The quantitative estimate of drug-likeness (QED) is 0.375. The van der Waals surface area contributed by atoms with Gasteiger partial charge in [-0.2, -0.15) is 0 Å². The van der Waals surface area contributed by atoms with Gasteiger partial charge < -0.3 is 14.8 Å². The Labute approximate surface area is 167 Å². The highest BCUT2D eigenvalue weighted by Gasteiger charge is 2.27. The van der Waals surface area contributed by atoms with Crippen LogP contribution >= 0.6 is 12.2 Å². The zero-order valence-electron chi connectivity index (χ0n) is 16.4. The predicted octanol–water partition coefficient (Wildman–Crippen LogP) is 3.17. The van der Waals surface area contributed by atoms with Crippen molar-refractivity contribution in [3.05, 3.63) is 24.3 Å². The molecule has 7 heteroatoms. The Morgan fingerprint density at radius 2 is 1.85 bits per heavy atom. The molecule has 3 N–H and O–H groups in total. The van der Waals surface area contributed by atoms with Crippen LogP contribution in [0.4, 0.5) is 0 Å². The van der Waals surface area contributed by atoms with Gasteiger partial charge in [-0.05, 0) is 61.2 Å². The predicted molar refractivity (Wildman–Crippen MR) is 111 cm³/mol. The fourth-order valence-corrected chi connectivity index (χ4v) is 3.48. The van der Waals surface area contributed by atoms with Gasteiger partial charge in [0, 0.05) is 12.5 Å². The minimum atomic E-state index is -0.109. The van der Waals surface area contributed by atoms with E-state index in [1.807, 2.05) is 24.3 Å². The molecule has 1 aliphatic rings. The average Bonchev–Trinajstić information content (AvgIpc) is 2.67. The van der Waals surface area contributed by atoms with E-state index in [0.29, 0.717) is 42.4 Å². The van der Waals surface area contributed by atoms with Gasteiger partial charge in [-0.25, -0.2) is 0 Å². The SMILES string of the molecule is COc1ccc(OCCCC(=O)NNC(=S)N[C@H]2CCC[C@@H](C)[C@H]2C)cc1. The summed E-state index contributed by atoms with van der Waals surface area (Å²) in [5.74, 6) is 2.70. The molecule has 2 rings (SSSR count). The van der Waals surface area contributed by atoms with Crippen molar-refractivity contribution in [1.29, 1.82) is 0 Å². The van der Waals surface area contributed by atoms with E-state index in [1.165, 1.54) is 12.8 Å². The molecule has 0 heterocycles. The first-order valence-electron chi connectivity index (χ1n) is 9.61. The topological polar surface area (TPSA) is 71.6 Å². The molecule has 0 aliphatic heterocycles. The third kappa shape index (κ3) is 7.25. The summed E-state index contributed by atoms with van der Waals surface area (Å²) in [6.45, 7) is 5.01. The Bertz CT molecular complexity index is 609. The number of hydrogen-bond donors (Lipinski definition) is 3. The molecule has 1 amide bonds. The molecular weight excluding hydrogens is 362 g/mol. The Morgan fingerprint density at radius 3 is 2.56 bits per heavy atom. The van der Waals surface area contributed by atoms with Crippen molar-refractivity contribution in [3.63, 3.8) is 0 Å². The molecule has 0 saturated heterocycles. The second-order valence-corrected chi connectivity index (χ2v) is 7.56. The normalized spacial score (nSPS) is 21.8. The fourth-order valence-electron chi connectivity index (χ4n) is 3.27. The van der Waals surface area contributed by atoms with Gasteiger partial charge in [-0.15, -0.1) is 0 Å². The van der Waals surface area contributed by atoms with Gasteiger partial charge in [0.1, 0.15) is 11.5 Å². The zero-order chi connectivity index (χ0) is 19.6. The number of hydrogen-bond acceptors (Lipinski definition) is 4. The van der Waals surface area contributed by atoms with Gasteiger partial charge >= 0.3 is 0 Å². The number of carbonyl (C=O) groups excluding carboxylic acids is 1. The summed E-state index contributed by atoms with van der Waals surface area (Å²) in [6, 6.07) is 7.74. The summed E-state index contributed by atoms with van der Waals surface area (Å²) < 4.78 is 10.7. The molecule has 3 atom stereocenters. The number of amides is 1. The number of hydrazine groups is 1. The molecule has 150 valence electrons. The molecule has 0 radical (unpaired) electrons. The van der Waals surface area contributed by atoms with Crippen molar-refractivity contribution in [2.45, 2.75) is 52.0 Å². The van der Waals surface area contributed by atoms with Gasteiger partial charge in [0.25, 0.3) is 0 Å². The summed E-state index contributed by atoms with van der Waals surface area (Å²) in [7, 11) is 1.62. The van der Waals surface area contributed by atoms with Crippen molar-refractivity contribution in [2.75, 3.05) is 13.7 Å². The largest absolute Gasteiger partial charge is 0.497 e. The highest BCUT2D eigenvalue weighted by Crippen LogP contribution is 2.29. The maximum absolute atomic E-state index is 11.9. The number of methoxy groups -OCH3 is 1. The van der Waals surface area contributed by atoms with Crippen LogP contribution in [0.3, 0.4) is 0 Å². The standard InChI is InChI=1S/C20H31N3O3S/c1-14-6-4-7-18(15(14)2)21-20(27)23-22-19(24)8-5-13-26-17-11-9-16(25-3)10-12-17/h9-12,14-15,18H,4-8,13H2,1-3H3,(H,22,24)(H2,21,23,27)/t14-,15-,18+/m1/s1. The van der Waals surface area contributed by atoms with E-state index in [-0.39, 0.29) is 5.91 Å². The Hall–Kier alpha value is -2.02. The lowest BCUT2D eigenvalue weighted by Gasteiger charge is -2.35. The molecular formula is C20H31N3O3S. The number of ether oxygens (including phenoxy) is 2. The van der Waals surface area contributed by atoms with Crippen molar-refractivity contribution in [3.8, 4) is 11.5 Å². The van der Waals surface area contributed by atoms with E-state index in [0.717, 1.165) is 17.9 Å². The highest BCUT2D eigenvalue weighted by atomic mass is 32.1. The third-order valence-corrected chi connectivity index (χ3v) is 5.44. The van der Waals surface area contributed by atoms with Crippen LogP contribution in [-0.2, 0) is 4.79 Å². The van der Waals surface area contributed by atoms with Crippen LogP contribution in [0.1, 0.15) is 46.0 Å². The van der Waals surface area contributed by atoms with Gasteiger partial charge in [0.2, 0.25) is 5.91 Å². The van der Waals surface area contributed by atoms with E-state index < -0.39 is 0 Å². The van der Waals surface area contributed by atoms with E-state index >= 15 is 0 Å². The summed E-state index contributed by atoms with van der Waals surface area (Å²) in [6.07, 6.45) is 4.59. The maximum Gasteiger partial charge on any atom is 0.238 e. The van der Waals surface area contributed by atoms with E-state index in [4.69, 9.17) is 21.7 Å². The highest BCUT2D eigenvalue weighted by molar-refractivity contribution is 7.80. The number of thiocarbonyl (C=S) groups is 1. The first-order chi connectivity index (χ1) is 13.0. The molecule has 1 aliphatic carbocycles. The van der Waals surface area contributed by atoms with Gasteiger partial charge in [-0.1, -0.05) is 26.7 Å². The average molecular weight is 394 g/mol. The second kappa shape index (κ2) is 11.0. The summed E-state index contributed by atoms with van der Waals surface area (Å²) >= 11 is 5.29. The lowest BCUT2D eigenvalue weighted by Crippen LogP contribution is -2.52. The Balaban J connectivity index is 1.57. The molecule has 0 unspecified atom stereocenters. The minimum Gasteiger partial charge on any atom is -0.497 e. The zero-order valence-corrected chi connectivity index (χ0v) is 17.2. The monoisotopic (exact) mass is 393 g/mol. The molecule has 1 aromatic rings. The maximum atomic E-state index is 11.9. The van der Waals surface area contributed by atoms with Crippen LogP contribution in [0.2, 0.25) is 0 Å². The van der Waals surface area contributed by atoms with Crippen LogP contribution in [0.25, 0.3) is 0 Å². The van der Waals surface area contributed by atoms with Crippen molar-refractivity contribution < 1.29 is 14.3 Å². The molecule has 1 aromatic carbocycles. The summed E-state index contributed by atoms with van der Waals surface area (Å²) in [5.41, 5.74) is 5.45. The molecule has 0 aromatic heterocycles. The van der Waals surface area contributed by atoms with Gasteiger partial charge in [-0.3, -0.25) is 15.6 Å². The van der Waals surface area contributed by atoms with Crippen molar-refractivity contribution in [2.24, 2.45) is 11.8 Å². The van der Waals surface area contributed by atoms with E-state index in [1.54, 1.807) is 7.11 Å². The van der Waals surface area contributed by atoms with Crippen LogP contribution in [0.5, 0.6) is 11.5 Å². The summed E-state index contributed by atoms with van der Waals surface area (Å²) in [5, 5.41) is 3.80. The van der Waals surface area contributed by atoms with Crippen LogP contribution in [0, 0.1) is 11.8 Å². The van der Waals surface area contributed by atoms with Crippen LogP contribution in [0.15, 0.2) is 24.3 Å². The molecule has 6 nitrogen and oxygen atoms in total. The second-order valence-electron chi connectivity index (χ2n) is 7.15. The minimum absolute atomic E-state index is 0.109. The van der Waals surface area contributed by atoms with Crippen molar-refractivity contribution in [1.82, 2.24) is 16.2 Å². The first kappa shape index (κ1) is 21.3. The van der Waals surface area contributed by atoms with Crippen LogP contribution < -0.4 is 25.6 Å². The van der Waals surface area contributed by atoms with E-state index in [9.17, 15) is 4.79 Å². The fraction of sp³-hybridized carbons (Fsp3) is 0.600. The van der Waals surface area contributed by atoms with E-state index in [2.05, 4.69) is 30.0 Å². The number of carbonyl (C=O) groups is 1. The third-order valence-electron chi connectivity index (χ3n) is 5.22. The first-order valence-corrected chi connectivity index (χ1v) is 10.0. The molecule has 27 heavy (non-hydrogen) atoms. The van der Waals surface area contributed by atoms with Gasteiger partial charge in [0.15, 0.2) is 5.11 Å². The van der Waals surface area contributed by atoms with Gasteiger partial charge in [0.05, 0.1) is 13.7 Å². The number of nitrogens with one attached hydrogen (secondary N) is 3. The smallest absolute Gasteiger partial charge is 0.238 e. The number of rotatable bonds is 7. The lowest BCUT2D eigenvalue weighted by molar-refractivity contribution is -0.121. The molecule has 0 spiro atoms.